The number of hydrogen-bond acceptors (Lipinski definition) is 6. The summed E-state index contributed by atoms with van der Waals surface area (Å²) in [6, 6.07) is 105. The Hall–Kier alpha value is -10.5. The van der Waals surface area contributed by atoms with Crippen molar-refractivity contribution in [2.24, 2.45) is 0 Å². The van der Waals surface area contributed by atoms with E-state index in [9.17, 15) is 0 Å². The first kappa shape index (κ1) is 47.9. The minimum atomic E-state index is -2.92. The molecule has 14 rings (SSSR count). The van der Waals surface area contributed by atoms with Crippen molar-refractivity contribution in [2.45, 2.75) is 0 Å². The van der Waals surface area contributed by atoms with E-state index in [-0.39, 0.29) is 0 Å². The molecule has 0 bridgehead atoms. The van der Waals surface area contributed by atoms with Crippen LogP contribution in [0, 0.1) is 0 Å². The number of aromatic nitrogens is 7. The molecule has 11 aromatic carbocycles. The highest BCUT2D eigenvalue weighted by Gasteiger charge is 2.41. The van der Waals surface area contributed by atoms with E-state index >= 15 is 0 Å². The minimum Gasteiger partial charge on any atom is -0.309 e. The Balaban J connectivity index is 1.02. The van der Waals surface area contributed by atoms with Gasteiger partial charge in [0.2, 0.25) is 0 Å². The molecule has 7 nitrogen and oxygen atoms in total. The van der Waals surface area contributed by atoms with Crippen LogP contribution < -0.4 is 20.7 Å². The third kappa shape index (κ3) is 8.76. The molecule has 14 aromatic rings. The molecule has 0 aliphatic heterocycles. The molecule has 376 valence electrons. The Morgan fingerprint density at radius 1 is 0.225 bits per heavy atom. The van der Waals surface area contributed by atoms with Gasteiger partial charge in [-0.1, -0.05) is 273 Å². The van der Waals surface area contributed by atoms with Gasteiger partial charge >= 0.3 is 0 Å². The molecule has 0 saturated carbocycles. The zero-order valence-electron chi connectivity index (χ0n) is 43.4. The van der Waals surface area contributed by atoms with Crippen molar-refractivity contribution in [3.63, 3.8) is 0 Å². The first-order valence-corrected chi connectivity index (χ1v) is 28.9. The van der Waals surface area contributed by atoms with Gasteiger partial charge < -0.3 is 4.57 Å². The van der Waals surface area contributed by atoms with Gasteiger partial charge in [-0.05, 0) is 56.1 Å². The summed E-state index contributed by atoms with van der Waals surface area (Å²) in [6.45, 7) is 0. The fraction of sp³-hybridized carbons (Fsp3) is 0. The lowest BCUT2D eigenvalue weighted by Gasteiger charge is -2.34. The second-order valence-corrected chi connectivity index (χ2v) is 23.6. The third-order valence-electron chi connectivity index (χ3n) is 15.1. The molecule has 0 spiro atoms. The van der Waals surface area contributed by atoms with Gasteiger partial charge in [0, 0.05) is 49.8 Å². The topological polar surface area (TPSA) is 82.3 Å². The summed E-state index contributed by atoms with van der Waals surface area (Å²) >= 11 is 0. The molecule has 0 unspecified atom stereocenters. The lowest BCUT2D eigenvalue weighted by molar-refractivity contribution is 1.07. The Morgan fingerprint density at radius 2 is 0.600 bits per heavy atom. The fourth-order valence-electron chi connectivity index (χ4n) is 11.3. The Kier molecular flexibility index (Phi) is 12.4. The van der Waals surface area contributed by atoms with Crippen LogP contribution in [0.3, 0.4) is 0 Å². The standard InChI is InChI=1S/C72H49N7Si/c1-8-25-50(26-9-1)67-73-68(51-27-10-2-11-28-51)76-71(75-67)55-43-45-63-62-41-22-23-42-65(62)79(66(63)48-55)56-44-46-61(64(49-56)72-77-69(52-29-12-3-13-30-52)74-70(78-72)53-31-14-4-15-32-53)54-33-24-40-60(47-54)80(57-34-16-5-17-35-57,58-36-18-6-19-37-58)59-38-20-7-21-39-59/h1-49H. The highest BCUT2D eigenvalue weighted by Crippen LogP contribution is 2.39. The van der Waals surface area contributed by atoms with E-state index in [0.29, 0.717) is 34.9 Å². The zero-order chi connectivity index (χ0) is 53.2. The van der Waals surface area contributed by atoms with Gasteiger partial charge in [-0.15, -0.1) is 0 Å². The average molecular weight is 1040 g/mol. The first-order chi connectivity index (χ1) is 39.7. The monoisotopic (exact) mass is 1040 g/mol. The van der Waals surface area contributed by atoms with Gasteiger partial charge in [-0.25, -0.2) is 29.9 Å². The molecule has 8 heteroatoms. The van der Waals surface area contributed by atoms with Crippen molar-refractivity contribution in [3.05, 3.63) is 297 Å². The van der Waals surface area contributed by atoms with Gasteiger partial charge in [-0.2, -0.15) is 0 Å². The van der Waals surface area contributed by atoms with E-state index in [1.165, 1.54) is 20.7 Å². The molecule has 0 aliphatic rings. The number of fused-ring (bicyclic) bond motifs is 3. The second-order valence-electron chi connectivity index (χ2n) is 19.8. The van der Waals surface area contributed by atoms with Crippen LogP contribution in [0.2, 0.25) is 0 Å². The molecule has 0 amide bonds. The van der Waals surface area contributed by atoms with Gasteiger partial charge in [0.15, 0.2) is 43.0 Å². The molecule has 0 atom stereocenters. The lowest BCUT2D eigenvalue weighted by atomic mass is 9.98. The predicted octanol–water partition coefficient (Wildman–Crippen LogP) is 14.2. The average Bonchev–Trinajstić information content (AvgIpc) is 4.07. The summed E-state index contributed by atoms with van der Waals surface area (Å²) in [6.07, 6.45) is 0. The van der Waals surface area contributed by atoms with Gasteiger partial charge in [0.1, 0.15) is 0 Å². The number of benzene rings is 11. The number of para-hydroxylation sites is 1. The minimum absolute atomic E-state index is 0.561. The van der Waals surface area contributed by atoms with Crippen LogP contribution in [0.4, 0.5) is 0 Å². The number of nitrogens with zero attached hydrogens (tertiary/aromatic N) is 7. The summed E-state index contributed by atoms with van der Waals surface area (Å²) < 4.78 is 2.35. The van der Waals surface area contributed by atoms with Gasteiger partial charge in [0.25, 0.3) is 0 Å². The van der Waals surface area contributed by atoms with E-state index in [4.69, 9.17) is 29.9 Å². The van der Waals surface area contributed by atoms with E-state index in [1.807, 2.05) is 97.1 Å². The van der Waals surface area contributed by atoms with Crippen LogP contribution in [0.25, 0.3) is 107 Å². The fourth-order valence-corrected chi connectivity index (χ4v) is 16.1. The van der Waals surface area contributed by atoms with Crippen LogP contribution in [-0.4, -0.2) is 42.5 Å². The van der Waals surface area contributed by atoms with E-state index in [0.717, 1.165) is 72.0 Å². The highest BCUT2D eigenvalue weighted by atomic mass is 28.3. The summed E-state index contributed by atoms with van der Waals surface area (Å²) in [5.41, 5.74) is 10.4. The molecular formula is C72H49N7Si. The quantitative estimate of drug-likeness (QED) is 0.0896. The van der Waals surface area contributed by atoms with Crippen molar-refractivity contribution < 1.29 is 0 Å². The molecule has 0 radical (unpaired) electrons. The highest BCUT2D eigenvalue weighted by molar-refractivity contribution is 7.19. The van der Waals surface area contributed by atoms with Crippen LogP contribution in [0.5, 0.6) is 0 Å². The lowest BCUT2D eigenvalue weighted by Crippen LogP contribution is -2.74. The molecule has 0 aliphatic carbocycles. The molecule has 0 fully saturated rings. The summed E-state index contributed by atoms with van der Waals surface area (Å²) in [5.74, 6) is 3.54. The maximum atomic E-state index is 5.42. The van der Waals surface area contributed by atoms with Crippen molar-refractivity contribution in [2.75, 3.05) is 0 Å². The van der Waals surface area contributed by atoms with E-state index < -0.39 is 8.07 Å². The normalized spacial score (nSPS) is 11.5. The van der Waals surface area contributed by atoms with Crippen LogP contribution >= 0.6 is 0 Å². The summed E-state index contributed by atoms with van der Waals surface area (Å²) in [7, 11) is -2.92. The van der Waals surface area contributed by atoms with Crippen molar-refractivity contribution in [3.8, 4) is 85.1 Å². The van der Waals surface area contributed by atoms with Crippen molar-refractivity contribution in [1.82, 2.24) is 34.5 Å². The van der Waals surface area contributed by atoms with Crippen molar-refractivity contribution in [1.29, 1.82) is 0 Å². The smallest absolute Gasteiger partial charge is 0.179 e. The second kappa shape index (κ2) is 20.8. The van der Waals surface area contributed by atoms with Crippen molar-refractivity contribution >= 4 is 50.6 Å². The third-order valence-corrected chi connectivity index (χ3v) is 19.8. The van der Waals surface area contributed by atoms with Crippen LogP contribution in [0.15, 0.2) is 297 Å². The Bertz CT molecular complexity index is 4290. The first-order valence-electron chi connectivity index (χ1n) is 26.9. The maximum absolute atomic E-state index is 5.42. The summed E-state index contributed by atoms with van der Waals surface area (Å²) in [4.78, 5) is 31.3. The predicted molar refractivity (Wildman–Crippen MR) is 329 cm³/mol. The number of rotatable bonds is 12. The molecule has 0 N–H and O–H groups in total. The van der Waals surface area contributed by atoms with Gasteiger partial charge in [0.05, 0.1) is 11.0 Å². The van der Waals surface area contributed by atoms with Crippen LogP contribution in [-0.2, 0) is 0 Å². The Morgan fingerprint density at radius 3 is 1.07 bits per heavy atom. The molecule has 0 saturated heterocycles. The van der Waals surface area contributed by atoms with Crippen LogP contribution in [0.1, 0.15) is 0 Å². The maximum Gasteiger partial charge on any atom is 0.179 e. The zero-order valence-corrected chi connectivity index (χ0v) is 44.4. The SMILES string of the molecule is c1ccc(-c2nc(-c3ccccc3)nc(-c3ccc4c5ccccc5n(-c5ccc(-c6cccc([Si](c7ccccc7)(c7ccccc7)c7ccccc7)c6)c(-c6nc(-c7ccccc7)nc(-c7ccccc7)n6)c5)c4c3)n2)cc1. The van der Waals surface area contributed by atoms with E-state index in [1.54, 1.807) is 0 Å². The van der Waals surface area contributed by atoms with E-state index in [2.05, 4.69) is 205 Å². The molecule has 80 heavy (non-hydrogen) atoms. The largest absolute Gasteiger partial charge is 0.309 e. The molecule has 3 aromatic heterocycles. The summed E-state index contributed by atoms with van der Waals surface area (Å²) in [5, 5.41) is 7.40. The number of hydrogen-bond donors (Lipinski definition) is 0. The Labute approximate surface area is 465 Å². The molecular weight excluding hydrogens is 991 g/mol. The van der Waals surface area contributed by atoms with Gasteiger partial charge in [-0.3, -0.25) is 0 Å². The molecule has 3 heterocycles.